The van der Waals surface area contributed by atoms with Crippen LogP contribution >= 0.6 is 11.6 Å². The normalized spacial score (nSPS) is 11.3. The van der Waals surface area contributed by atoms with Crippen molar-refractivity contribution in [2.45, 2.75) is 20.4 Å². The summed E-state index contributed by atoms with van der Waals surface area (Å²) in [6.45, 7) is 5.43. The molecule has 0 saturated heterocycles. The number of nitrogens with one attached hydrogen (secondary N) is 1. The maximum absolute atomic E-state index is 13.7. The van der Waals surface area contributed by atoms with E-state index in [0.29, 0.717) is 18.4 Å². The molecule has 1 heterocycles. The molecule has 0 unspecified atom stereocenters. The van der Waals surface area contributed by atoms with Crippen LogP contribution in [0.4, 0.5) is 8.78 Å². The first-order chi connectivity index (χ1) is 9.47. The van der Waals surface area contributed by atoms with Gasteiger partial charge >= 0.3 is 0 Å². The molecule has 2 rings (SSSR count). The zero-order valence-electron chi connectivity index (χ0n) is 11.2. The van der Waals surface area contributed by atoms with Gasteiger partial charge in [-0.1, -0.05) is 25.4 Å². The van der Waals surface area contributed by atoms with Gasteiger partial charge in [-0.05, 0) is 24.6 Å². The van der Waals surface area contributed by atoms with E-state index in [4.69, 9.17) is 16.0 Å². The van der Waals surface area contributed by atoms with Crippen LogP contribution in [0.1, 0.15) is 19.7 Å². The summed E-state index contributed by atoms with van der Waals surface area (Å²) in [4.78, 5) is 4.03. The predicted octanol–water partition coefficient (Wildman–Crippen LogP) is 4.02. The predicted molar refractivity (Wildman–Crippen MR) is 73.4 cm³/mol. The Morgan fingerprint density at radius 3 is 2.75 bits per heavy atom. The molecule has 3 nitrogen and oxygen atoms in total. The molecule has 6 heteroatoms. The van der Waals surface area contributed by atoms with Crippen molar-refractivity contribution in [3.05, 3.63) is 40.9 Å². The fraction of sp³-hybridized carbons (Fsp3) is 0.357. The molecule has 0 atom stereocenters. The number of benzene rings is 1. The van der Waals surface area contributed by atoms with Gasteiger partial charge in [0.1, 0.15) is 11.6 Å². The lowest BCUT2D eigenvalue weighted by atomic mass is 10.1. The molecule has 0 fully saturated rings. The first-order valence-corrected chi connectivity index (χ1v) is 6.65. The minimum absolute atomic E-state index is 0.00881. The Morgan fingerprint density at radius 2 is 2.05 bits per heavy atom. The summed E-state index contributed by atoms with van der Waals surface area (Å²) < 4.78 is 32.5. The van der Waals surface area contributed by atoms with Gasteiger partial charge in [-0.25, -0.2) is 13.8 Å². The summed E-state index contributed by atoms with van der Waals surface area (Å²) >= 11 is 5.51. The highest BCUT2D eigenvalue weighted by molar-refractivity contribution is 6.30. The van der Waals surface area contributed by atoms with Crippen LogP contribution in [0.25, 0.3) is 11.3 Å². The van der Waals surface area contributed by atoms with E-state index in [0.717, 1.165) is 18.7 Å². The summed E-state index contributed by atoms with van der Waals surface area (Å²) in [7, 11) is 0. The van der Waals surface area contributed by atoms with Gasteiger partial charge in [0.15, 0.2) is 5.76 Å². The zero-order chi connectivity index (χ0) is 14.7. The average molecular weight is 301 g/mol. The molecular weight excluding hydrogens is 286 g/mol. The van der Waals surface area contributed by atoms with E-state index in [9.17, 15) is 8.78 Å². The summed E-state index contributed by atoms with van der Waals surface area (Å²) in [6, 6.07) is 1.93. The van der Waals surface area contributed by atoms with Crippen LogP contribution < -0.4 is 5.32 Å². The quantitative estimate of drug-likeness (QED) is 0.848. The molecule has 1 aromatic heterocycles. The van der Waals surface area contributed by atoms with Crippen LogP contribution in [0.3, 0.4) is 0 Å². The molecule has 108 valence electrons. The van der Waals surface area contributed by atoms with Crippen molar-refractivity contribution in [2.24, 2.45) is 5.92 Å². The molecule has 1 N–H and O–H groups in total. The van der Waals surface area contributed by atoms with Crippen LogP contribution in [0, 0.1) is 17.6 Å². The molecule has 0 saturated carbocycles. The van der Waals surface area contributed by atoms with E-state index in [1.807, 2.05) is 0 Å². The molecule has 2 aromatic rings. The van der Waals surface area contributed by atoms with Crippen molar-refractivity contribution in [2.75, 3.05) is 6.54 Å². The van der Waals surface area contributed by atoms with E-state index in [1.165, 1.54) is 6.20 Å². The number of aromatic nitrogens is 1. The van der Waals surface area contributed by atoms with E-state index < -0.39 is 11.6 Å². The maximum atomic E-state index is 13.7. The lowest BCUT2D eigenvalue weighted by Gasteiger charge is -2.04. The summed E-state index contributed by atoms with van der Waals surface area (Å²) in [6.07, 6.45) is 1.37. The highest BCUT2D eigenvalue weighted by Gasteiger charge is 2.14. The van der Waals surface area contributed by atoms with Crippen molar-refractivity contribution in [3.8, 4) is 11.3 Å². The van der Waals surface area contributed by atoms with Gasteiger partial charge in [0.2, 0.25) is 5.89 Å². The van der Waals surface area contributed by atoms with Crippen molar-refractivity contribution >= 4 is 11.6 Å². The lowest BCUT2D eigenvalue weighted by molar-refractivity contribution is 0.457. The van der Waals surface area contributed by atoms with Crippen molar-refractivity contribution in [1.29, 1.82) is 0 Å². The van der Waals surface area contributed by atoms with Crippen LogP contribution in [0.5, 0.6) is 0 Å². The smallest absolute Gasteiger partial charge is 0.208 e. The van der Waals surface area contributed by atoms with Gasteiger partial charge in [0, 0.05) is 0 Å². The largest absolute Gasteiger partial charge is 0.439 e. The second kappa shape index (κ2) is 6.33. The minimum atomic E-state index is -0.695. The van der Waals surface area contributed by atoms with E-state index in [-0.39, 0.29) is 16.3 Å². The molecule has 0 aliphatic heterocycles. The third kappa shape index (κ3) is 3.55. The topological polar surface area (TPSA) is 38.1 Å². The fourth-order valence-corrected chi connectivity index (χ4v) is 1.85. The molecule has 0 spiro atoms. The third-order valence-corrected chi connectivity index (χ3v) is 2.95. The summed E-state index contributed by atoms with van der Waals surface area (Å²) in [5.41, 5.74) is 0.00881. The SMILES string of the molecule is CC(C)CNCc1ncc(-c2cc(F)c(Cl)cc2F)o1. The van der Waals surface area contributed by atoms with Crippen LogP contribution in [-0.4, -0.2) is 11.5 Å². The van der Waals surface area contributed by atoms with Crippen LogP contribution in [0.2, 0.25) is 5.02 Å². The van der Waals surface area contributed by atoms with Gasteiger partial charge in [-0.3, -0.25) is 0 Å². The zero-order valence-corrected chi connectivity index (χ0v) is 12.0. The molecule has 1 aromatic carbocycles. The second-order valence-electron chi connectivity index (χ2n) is 4.89. The first kappa shape index (κ1) is 14.9. The Morgan fingerprint density at radius 1 is 1.30 bits per heavy atom. The van der Waals surface area contributed by atoms with Crippen molar-refractivity contribution in [1.82, 2.24) is 10.3 Å². The van der Waals surface area contributed by atoms with Crippen LogP contribution in [-0.2, 0) is 6.54 Å². The summed E-state index contributed by atoms with van der Waals surface area (Å²) in [5.74, 6) is -0.227. The van der Waals surface area contributed by atoms with Gasteiger partial charge in [-0.15, -0.1) is 0 Å². The Balaban J connectivity index is 2.14. The monoisotopic (exact) mass is 300 g/mol. The maximum Gasteiger partial charge on any atom is 0.208 e. The van der Waals surface area contributed by atoms with E-state index in [1.54, 1.807) is 0 Å². The minimum Gasteiger partial charge on any atom is -0.439 e. The van der Waals surface area contributed by atoms with Crippen molar-refractivity contribution < 1.29 is 13.2 Å². The second-order valence-corrected chi connectivity index (χ2v) is 5.30. The Hall–Kier alpha value is -1.46. The number of halogens is 3. The van der Waals surface area contributed by atoms with E-state index in [2.05, 4.69) is 24.1 Å². The molecule has 0 aliphatic rings. The Bertz CT molecular complexity index is 599. The highest BCUT2D eigenvalue weighted by atomic mass is 35.5. The first-order valence-electron chi connectivity index (χ1n) is 6.27. The van der Waals surface area contributed by atoms with Crippen LogP contribution in [0.15, 0.2) is 22.7 Å². The molecule has 0 radical (unpaired) electrons. The standard InChI is InChI=1S/C14H15ClF2N2O/c1-8(2)5-18-7-14-19-6-13(20-14)9-3-12(17)10(15)4-11(9)16/h3-4,6,8,18H,5,7H2,1-2H3. The molecule has 20 heavy (non-hydrogen) atoms. The van der Waals surface area contributed by atoms with E-state index >= 15 is 0 Å². The van der Waals surface area contributed by atoms with Gasteiger partial charge in [0.25, 0.3) is 0 Å². The number of hydrogen-bond donors (Lipinski definition) is 1. The third-order valence-electron chi connectivity index (χ3n) is 2.66. The molecule has 0 amide bonds. The number of rotatable bonds is 5. The number of nitrogens with zero attached hydrogens (tertiary/aromatic N) is 1. The van der Waals surface area contributed by atoms with Gasteiger partial charge in [0.05, 0.1) is 23.3 Å². The molecule has 0 aliphatic carbocycles. The number of oxazole rings is 1. The Kier molecular flexibility index (Phi) is 4.73. The average Bonchev–Trinajstić information content (AvgIpc) is 2.82. The Labute approximate surface area is 121 Å². The summed E-state index contributed by atoms with van der Waals surface area (Å²) in [5, 5.41) is 2.90. The lowest BCUT2D eigenvalue weighted by Crippen LogP contribution is -2.18. The molecular formula is C14H15ClF2N2O. The van der Waals surface area contributed by atoms with Crippen molar-refractivity contribution in [3.63, 3.8) is 0 Å². The van der Waals surface area contributed by atoms with Gasteiger partial charge in [-0.2, -0.15) is 0 Å². The highest BCUT2D eigenvalue weighted by Crippen LogP contribution is 2.28. The number of hydrogen-bond acceptors (Lipinski definition) is 3. The van der Waals surface area contributed by atoms with Gasteiger partial charge < -0.3 is 9.73 Å². The molecule has 0 bridgehead atoms. The fourth-order valence-electron chi connectivity index (χ4n) is 1.70.